The van der Waals surface area contributed by atoms with E-state index in [4.69, 9.17) is 10.8 Å². The third-order valence-corrected chi connectivity index (χ3v) is 3.40. The lowest BCUT2D eigenvalue weighted by Gasteiger charge is -2.18. The molecule has 0 saturated heterocycles. The number of halogens is 1. The highest BCUT2D eigenvalue weighted by atomic mass is 19.1. The Morgan fingerprint density at radius 3 is 2.67 bits per heavy atom. The fourth-order valence-electron chi connectivity index (χ4n) is 2.07. The van der Waals surface area contributed by atoms with Gasteiger partial charge in [-0.15, -0.1) is 0 Å². The molecular formula is C16H17FN2O2. The van der Waals surface area contributed by atoms with E-state index in [1.54, 1.807) is 25.1 Å². The van der Waals surface area contributed by atoms with Gasteiger partial charge in [0.05, 0.1) is 16.9 Å². The molecule has 5 heteroatoms. The Morgan fingerprint density at radius 1 is 1.33 bits per heavy atom. The number of anilines is 2. The van der Waals surface area contributed by atoms with E-state index in [-0.39, 0.29) is 23.1 Å². The van der Waals surface area contributed by atoms with Gasteiger partial charge in [0.25, 0.3) is 0 Å². The van der Waals surface area contributed by atoms with Crippen molar-refractivity contribution in [2.75, 3.05) is 11.1 Å². The number of aromatic carboxylic acids is 1. The summed E-state index contributed by atoms with van der Waals surface area (Å²) in [6.07, 6.45) is 0. The number of nitrogens with one attached hydrogen (secondary N) is 1. The summed E-state index contributed by atoms with van der Waals surface area (Å²) < 4.78 is 13.6. The summed E-state index contributed by atoms with van der Waals surface area (Å²) in [4.78, 5) is 11.1. The number of nitrogens with two attached hydrogens (primary N) is 1. The number of benzene rings is 2. The van der Waals surface area contributed by atoms with E-state index in [9.17, 15) is 9.18 Å². The van der Waals surface area contributed by atoms with Crippen molar-refractivity contribution in [3.63, 3.8) is 0 Å². The van der Waals surface area contributed by atoms with Crippen LogP contribution < -0.4 is 11.1 Å². The zero-order chi connectivity index (χ0) is 15.6. The minimum absolute atomic E-state index is 0.0438. The van der Waals surface area contributed by atoms with E-state index in [0.29, 0.717) is 11.3 Å². The van der Waals surface area contributed by atoms with Crippen LogP contribution in [0.2, 0.25) is 0 Å². The zero-order valence-electron chi connectivity index (χ0n) is 11.9. The lowest BCUT2D eigenvalue weighted by Crippen LogP contribution is -2.11. The molecule has 0 aliphatic carbocycles. The van der Waals surface area contributed by atoms with Crippen molar-refractivity contribution in [1.29, 1.82) is 0 Å². The number of para-hydroxylation sites is 1. The first-order valence-electron chi connectivity index (χ1n) is 6.54. The molecule has 0 radical (unpaired) electrons. The smallest absolute Gasteiger partial charge is 0.337 e. The summed E-state index contributed by atoms with van der Waals surface area (Å²) in [6.45, 7) is 3.56. The SMILES string of the molecule is Cc1ccc(C(C)Nc2cccc(C(=O)O)c2N)cc1F. The monoisotopic (exact) mass is 288 g/mol. The summed E-state index contributed by atoms with van der Waals surface area (Å²) in [5.41, 5.74) is 7.92. The fraction of sp³-hybridized carbons (Fsp3) is 0.188. The molecule has 0 spiro atoms. The maximum atomic E-state index is 13.6. The standard InChI is InChI=1S/C16H17FN2O2/c1-9-6-7-11(8-13(9)17)10(2)19-14-5-3-4-12(15(14)18)16(20)21/h3-8,10,19H,18H2,1-2H3,(H,20,21). The zero-order valence-corrected chi connectivity index (χ0v) is 11.9. The molecule has 0 aromatic heterocycles. The van der Waals surface area contributed by atoms with Crippen molar-refractivity contribution in [1.82, 2.24) is 0 Å². The first-order chi connectivity index (χ1) is 9.90. The van der Waals surface area contributed by atoms with Crippen LogP contribution in [-0.4, -0.2) is 11.1 Å². The van der Waals surface area contributed by atoms with Gasteiger partial charge in [-0.3, -0.25) is 0 Å². The van der Waals surface area contributed by atoms with Crippen LogP contribution in [0.4, 0.5) is 15.8 Å². The Bertz CT molecular complexity index is 686. The Labute approximate surface area is 122 Å². The lowest BCUT2D eigenvalue weighted by molar-refractivity contribution is 0.0698. The molecule has 4 nitrogen and oxygen atoms in total. The van der Waals surface area contributed by atoms with Crippen LogP contribution in [0.25, 0.3) is 0 Å². The van der Waals surface area contributed by atoms with Crippen LogP contribution in [0, 0.1) is 12.7 Å². The van der Waals surface area contributed by atoms with Crippen molar-refractivity contribution in [2.45, 2.75) is 19.9 Å². The summed E-state index contributed by atoms with van der Waals surface area (Å²) >= 11 is 0. The number of nitrogen functional groups attached to an aromatic ring is 1. The highest BCUT2D eigenvalue weighted by Gasteiger charge is 2.14. The van der Waals surface area contributed by atoms with Gasteiger partial charge in [0.15, 0.2) is 0 Å². The normalized spacial score (nSPS) is 12.0. The second kappa shape index (κ2) is 5.83. The summed E-state index contributed by atoms with van der Waals surface area (Å²) in [5, 5.41) is 12.2. The maximum Gasteiger partial charge on any atom is 0.337 e. The number of carboxylic acid groups (broad SMARTS) is 1. The Morgan fingerprint density at radius 2 is 2.05 bits per heavy atom. The summed E-state index contributed by atoms with van der Waals surface area (Å²) in [7, 11) is 0. The minimum Gasteiger partial charge on any atom is -0.478 e. The quantitative estimate of drug-likeness (QED) is 0.752. The van der Waals surface area contributed by atoms with Gasteiger partial charge in [0, 0.05) is 6.04 Å². The Kier molecular flexibility index (Phi) is 4.12. The Hall–Kier alpha value is -2.56. The van der Waals surface area contributed by atoms with Crippen LogP contribution in [0.5, 0.6) is 0 Å². The Balaban J connectivity index is 2.27. The van der Waals surface area contributed by atoms with Crippen molar-refractivity contribution >= 4 is 17.3 Å². The van der Waals surface area contributed by atoms with Crippen molar-refractivity contribution < 1.29 is 14.3 Å². The van der Waals surface area contributed by atoms with Gasteiger partial charge >= 0.3 is 5.97 Å². The number of rotatable bonds is 4. The van der Waals surface area contributed by atoms with Crippen molar-refractivity contribution in [3.05, 3.63) is 58.9 Å². The lowest BCUT2D eigenvalue weighted by atomic mass is 10.0. The van der Waals surface area contributed by atoms with Crippen LogP contribution in [0.3, 0.4) is 0 Å². The van der Waals surface area contributed by atoms with E-state index >= 15 is 0 Å². The molecule has 21 heavy (non-hydrogen) atoms. The van der Waals surface area contributed by atoms with Gasteiger partial charge in [-0.25, -0.2) is 9.18 Å². The molecule has 110 valence electrons. The van der Waals surface area contributed by atoms with Gasteiger partial charge in [0.2, 0.25) is 0 Å². The third-order valence-electron chi connectivity index (χ3n) is 3.40. The predicted molar refractivity (Wildman–Crippen MR) is 81.0 cm³/mol. The molecule has 0 saturated carbocycles. The third kappa shape index (κ3) is 3.13. The van der Waals surface area contributed by atoms with Gasteiger partial charge in [0.1, 0.15) is 5.82 Å². The van der Waals surface area contributed by atoms with Gasteiger partial charge in [-0.05, 0) is 43.2 Å². The highest BCUT2D eigenvalue weighted by molar-refractivity contribution is 5.97. The van der Waals surface area contributed by atoms with Gasteiger partial charge in [-0.2, -0.15) is 0 Å². The number of carboxylic acids is 1. The number of carbonyl (C=O) groups is 1. The molecule has 0 bridgehead atoms. The number of hydrogen-bond donors (Lipinski definition) is 3. The average Bonchev–Trinajstić information content (AvgIpc) is 2.43. The van der Waals surface area contributed by atoms with E-state index in [0.717, 1.165) is 5.56 Å². The van der Waals surface area contributed by atoms with Crippen LogP contribution in [-0.2, 0) is 0 Å². The molecule has 2 aromatic carbocycles. The van der Waals surface area contributed by atoms with Crippen molar-refractivity contribution in [2.24, 2.45) is 0 Å². The molecule has 2 rings (SSSR count). The molecular weight excluding hydrogens is 271 g/mol. The molecule has 0 fully saturated rings. The second-order valence-corrected chi connectivity index (χ2v) is 4.95. The largest absolute Gasteiger partial charge is 0.478 e. The number of hydrogen-bond acceptors (Lipinski definition) is 3. The molecule has 4 N–H and O–H groups in total. The van der Waals surface area contributed by atoms with Gasteiger partial charge < -0.3 is 16.2 Å². The van der Waals surface area contributed by atoms with Crippen LogP contribution >= 0.6 is 0 Å². The van der Waals surface area contributed by atoms with Crippen molar-refractivity contribution in [3.8, 4) is 0 Å². The van der Waals surface area contributed by atoms with Crippen LogP contribution in [0.15, 0.2) is 36.4 Å². The maximum absolute atomic E-state index is 13.6. The molecule has 0 amide bonds. The summed E-state index contributed by atoms with van der Waals surface area (Å²) in [6, 6.07) is 9.55. The first kappa shape index (κ1) is 14.8. The van der Waals surface area contributed by atoms with E-state index in [1.165, 1.54) is 12.1 Å². The van der Waals surface area contributed by atoms with E-state index < -0.39 is 5.97 Å². The molecule has 0 aliphatic heterocycles. The molecule has 1 atom stereocenters. The fourth-order valence-corrected chi connectivity index (χ4v) is 2.07. The molecule has 2 aromatic rings. The average molecular weight is 288 g/mol. The first-order valence-corrected chi connectivity index (χ1v) is 6.54. The number of aryl methyl sites for hydroxylation is 1. The van der Waals surface area contributed by atoms with Crippen LogP contribution in [0.1, 0.15) is 34.5 Å². The molecule has 0 heterocycles. The molecule has 0 aliphatic rings. The predicted octanol–water partition coefficient (Wildman–Crippen LogP) is 3.59. The van der Waals surface area contributed by atoms with Gasteiger partial charge in [-0.1, -0.05) is 18.2 Å². The minimum atomic E-state index is -1.08. The van der Waals surface area contributed by atoms with E-state index in [1.807, 2.05) is 13.0 Å². The molecule has 1 unspecified atom stereocenters. The highest BCUT2D eigenvalue weighted by Crippen LogP contribution is 2.27. The second-order valence-electron chi connectivity index (χ2n) is 4.95. The van der Waals surface area contributed by atoms with E-state index in [2.05, 4.69) is 5.32 Å². The topological polar surface area (TPSA) is 75.3 Å². The summed E-state index contributed by atoms with van der Waals surface area (Å²) in [5.74, 6) is -1.35.